The first-order chi connectivity index (χ1) is 9.66. The Morgan fingerprint density at radius 2 is 2.15 bits per heavy atom. The largest absolute Gasteiger partial charge is 0.482 e. The number of para-hydroxylation sites is 1. The zero-order valence-electron chi connectivity index (χ0n) is 10.8. The number of hydrazone groups is 1. The van der Waals surface area contributed by atoms with Gasteiger partial charge in [-0.3, -0.25) is 4.79 Å². The summed E-state index contributed by atoms with van der Waals surface area (Å²) in [5.41, 5.74) is 2.95. The molecule has 0 radical (unpaired) electrons. The van der Waals surface area contributed by atoms with Crippen molar-refractivity contribution >= 4 is 23.2 Å². The number of nitrogens with zero attached hydrogens (tertiary/aromatic N) is 1. The number of amides is 1. The van der Waals surface area contributed by atoms with Crippen LogP contribution in [0.3, 0.4) is 0 Å². The SMILES string of the molecule is C/C(=N\NC(=O)COc1ccccc1Cl)c1ccco1. The summed E-state index contributed by atoms with van der Waals surface area (Å²) in [4.78, 5) is 11.6. The number of rotatable bonds is 5. The van der Waals surface area contributed by atoms with Crippen LogP contribution >= 0.6 is 11.6 Å². The van der Waals surface area contributed by atoms with Crippen molar-refractivity contribution in [1.29, 1.82) is 0 Å². The van der Waals surface area contributed by atoms with Gasteiger partial charge in [0.2, 0.25) is 0 Å². The highest BCUT2D eigenvalue weighted by Gasteiger charge is 2.05. The third kappa shape index (κ3) is 3.86. The maximum absolute atomic E-state index is 11.6. The Labute approximate surface area is 121 Å². The van der Waals surface area contributed by atoms with Crippen LogP contribution in [0.25, 0.3) is 0 Å². The van der Waals surface area contributed by atoms with Crippen LogP contribution < -0.4 is 10.2 Å². The normalized spacial score (nSPS) is 11.2. The molecular formula is C14H13ClN2O3. The lowest BCUT2D eigenvalue weighted by molar-refractivity contribution is -0.123. The predicted molar refractivity (Wildman–Crippen MR) is 76.0 cm³/mol. The minimum atomic E-state index is -0.379. The van der Waals surface area contributed by atoms with E-state index < -0.39 is 0 Å². The number of nitrogens with one attached hydrogen (secondary N) is 1. The Bertz CT molecular complexity index is 609. The van der Waals surface area contributed by atoms with Crippen molar-refractivity contribution in [3.05, 3.63) is 53.4 Å². The number of hydrogen-bond donors (Lipinski definition) is 1. The van der Waals surface area contributed by atoms with Gasteiger partial charge in [-0.15, -0.1) is 0 Å². The van der Waals surface area contributed by atoms with Crippen molar-refractivity contribution in [1.82, 2.24) is 5.43 Å². The Kier molecular flexibility index (Phi) is 4.79. The van der Waals surface area contributed by atoms with Crippen molar-refractivity contribution in [2.75, 3.05) is 6.61 Å². The molecule has 0 aliphatic rings. The molecule has 0 bridgehead atoms. The van der Waals surface area contributed by atoms with Crippen LogP contribution in [0.5, 0.6) is 5.75 Å². The smallest absolute Gasteiger partial charge is 0.277 e. The van der Waals surface area contributed by atoms with Gasteiger partial charge in [0.05, 0.1) is 11.3 Å². The topological polar surface area (TPSA) is 63.8 Å². The summed E-state index contributed by atoms with van der Waals surface area (Å²) in [6, 6.07) is 10.4. The number of benzene rings is 1. The summed E-state index contributed by atoms with van der Waals surface area (Å²) in [5, 5.41) is 4.37. The van der Waals surface area contributed by atoms with Crippen LogP contribution in [-0.4, -0.2) is 18.2 Å². The molecule has 5 nitrogen and oxygen atoms in total. The van der Waals surface area contributed by atoms with Gasteiger partial charge in [0.15, 0.2) is 6.61 Å². The lowest BCUT2D eigenvalue weighted by Crippen LogP contribution is -2.25. The van der Waals surface area contributed by atoms with Crippen molar-refractivity contribution in [2.45, 2.75) is 6.92 Å². The summed E-state index contributed by atoms with van der Waals surface area (Å²) >= 11 is 5.91. The fourth-order valence-corrected chi connectivity index (χ4v) is 1.61. The van der Waals surface area contributed by atoms with E-state index in [9.17, 15) is 4.79 Å². The summed E-state index contributed by atoms with van der Waals surface area (Å²) < 4.78 is 10.4. The molecule has 2 aromatic rings. The first kappa shape index (κ1) is 14.1. The lowest BCUT2D eigenvalue weighted by Gasteiger charge is -2.06. The summed E-state index contributed by atoms with van der Waals surface area (Å²) in [6.07, 6.45) is 1.54. The zero-order chi connectivity index (χ0) is 14.4. The van der Waals surface area contributed by atoms with E-state index in [1.54, 1.807) is 43.3 Å². The third-order valence-electron chi connectivity index (χ3n) is 2.42. The second kappa shape index (κ2) is 6.77. The summed E-state index contributed by atoms with van der Waals surface area (Å²) in [6.45, 7) is 1.56. The molecule has 2 rings (SSSR count). The number of halogens is 1. The molecule has 20 heavy (non-hydrogen) atoms. The Hall–Kier alpha value is -2.27. The van der Waals surface area contributed by atoms with Crippen molar-refractivity contribution in [2.24, 2.45) is 5.10 Å². The number of hydrogen-bond acceptors (Lipinski definition) is 4. The fraction of sp³-hybridized carbons (Fsp3) is 0.143. The van der Waals surface area contributed by atoms with E-state index >= 15 is 0 Å². The molecule has 1 N–H and O–H groups in total. The fourth-order valence-electron chi connectivity index (χ4n) is 1.42. The highest BCUT2D eigenvalue weighted by molar-refractivity contribution is 6.32. The van der Waals surface area contributed by atoms with Crippen LogP contribution in [0.15, 0.2) is 52.2 Å². The molecule has 0 saturated carbocycles. The average Bonchev–Trinajstić information content (AvgIpc) is 2.98. The van der Waals surface area contributed by atoms with E-state index in [2.05, 4.69) is 10.5 Å². The summed E-state index contributed by atoms with van der Waals surface area (Å²) in [7, 11) is 0. The molecule has 1 amide bonds. The first-order valence-electron chi connectivity index (χ1n) is 5.91. The van der Waals surface area contributed by atoms with Gasteiger partial charge in [0.25, 0.3) is 5.91 Å². The van der Waals surface area contributed by atoms with Crippen molar-refractivity contribution in [3.8, 4) is 5.75 Å². The molecule has 104 valence electrons. The second-order valence-corrected chi connectivity index (χ2v) is 4.34. The lowest BCUT2D eigenvalue weighted by atomic mass is 10.3. The number of furan rings is 1. The van der Waals surface area contributed by atoms with E-state index in [-0.39, 0.29) is 12.5 Å². The molecule has 1 heterocycles. The molecule has 0 spiro atoms. The molecule has 1 aromatic carbocycles. The molecule has 6 heteroatoms. The van der Waals surface area contributed by atoms with E-state index in [4.69, 9.17) is 20.8 Å². The van der Waals surface area contributed by atoms with Crippen LogP contribution in [0.2, 0.25) is 5.02 Å². The molecule has 0 fully saturated rings. The molecule has 1 aromatic heterocycles. The monoisotopic (exact) mass is 292 g/mol. The highest BCUT2D eigenvalue weighted by atomic mass is 35.5. The number of carbonyl (C=O) groups excluding carboxylic acids is 1. The number of carbonyl (C=O) groups is 1. The van der Waals surface area contributed by atoms with Crippen LogP contribution in [-0.2, 0) is 4.79 Å². The maximum atomic E-state index is 11.6. The van der Waals surface area contributed by atoms with Crippen LogP contribution in [0, 0.1) is 0 Å². The minimum Gasteiger partial charge on any atom is -0.482 e. The minimum absolute atomic E-state index is 0.168. The molecule has 0 unspecified atom stereocenters. The van der Waals surface area contributed by atoms with Gasteiger partial charge in [-0.1, -0.05) is 23.7 Å². The number of ether oxygens (including phenoxy) is 1. The molecule has 0 saturated heterocycles. The Morgan fingerprint density at radius 1 is 1.35 bits per heavy atom. The van der Waals surface area contributed by atoms with Gasteiger partial charge in [0, 0.05) is 0 Å². The Balaban J connectivity index is 1.84. The van der Waals surface area contributed by atoms with Crippen molar-refractivity contribution in [3.63, 3.8) is 0 Å². The van der Waals surface area contributed by atoms with Gasteiger partial charge < -0.3 is 9.15 Å². The average molecular weight is 293 g/mol. The van der Waals surface area contributed by atoms with Gasteiger partial charge in [-0.2, -0.15) is 5.10 Å². The zero-order valence-corrected chi connectivity index (χ0v) is 11.6. The second-order valence-electron chi connectivity index (χ2n) is 3.93. The van der Waals surface area contributed by atoms with E-state index in [0.29, 0.717) is 22.2 Å². The van der Waals surface area contributed by atoms with Gasteiger partial charge in [-0.25, -0.2) is 5.43 Å². The maximum Gasteiger partial charge on any atom is 0.277 e. The molecular weight excluding hydrogens is 280 g/mol. The quantitative estimate of drug-likeness (QED) is 0.681. The molecule has 0 aliphatic heterocycles. The third-order valence-corrected chi connectivity index (χ3v) is 2.73. The van der Waals surface area contributed by atoms with Crippen molar-refractivity contribution < 1.29 is 13.9 Å². The first-order valence-corrected chi connectivity index (χ1v) is 6.29. The van der Waals surface area contributed by atoms with Crippen LogP contribution in [0.1, 0.15) is 12.7 Å². The highest BCUT2D eigenvalue weighted by Crippen LogP contribution is 2.22. The Morgan fingerprint density at radius 3 is 2.85 bits per heavy atom. The van der Waals surface area contributed by atoms with E-state index in [1.165, 1.54) is 6.26 Å². The standard InChI is InChI=1S/C14H13ClN2O3/c1-10(12-7-4-8-19-12)16-17-14(18)9-20-13-6-3-2-5-11(13)15/h2-8H,9H2,1H3,(H,17,18)/b16-10+. The van der Waals surface area contributed by atoms with E-state index in [0.717, 1.165) is 0 Å². The van der Waals surface area contributed by atoms with Gasteiger partial charge in [0.1, 0.15) is 17.2 Å². The van der Waals surface area contributed by atoms with E-state index in [1.807, 2.05) is 0 Å². The van der Waals surface area contributed by atoms with Gasteiger partial charge >= 0.3 is 0 Å². The van der Waals surface area contributed by atoms with Gasteiger partial charge in [-0.05, 0) is 31.2 Å². The summed E-state index contributed by atoms with van der Waals surface area (Å²) in [5.74, 6) is 0.671. The van der Waals surface area contributed by atoms with Crippen LogP contribution in [0.4, 0.5) is 0 Å². The molecule has 0 atom stereocenters. The molecule has 0 aliphatic carbocycles. The predicted octanol–water partition coefficient (Wildman–Crippen LogP) is 2.85.